The van der Waals surface area contributed by atoms with Gasteiger partial charge < -0.3 is 14.8 Å². The zero-order valence-corrected chi connectivity index (χ0v) is 17.2. The molecule has 0 unspecified atom stereocenters. The molecule has 3 rings (SSSR count). The van der Waals surface area contributed by atoms with E-state index in [4.69, 9.17) is 9.47 Å². The van der Waals surface area contributed by atoms with E-state index in [0.717, 1.165) is 24.0 Å². The lowest BCUT2D eigenvalue weighted by molar-refractivity contribution is -0.125. The zero-order valence-electron chi connectivity index (χ0n) is 17.2. The number of nitriles is 1. The molecule has 0 saturated carbocycles. The number of anilines is 1. The summed E-state index contributed by atoms with van der Waals surface area (Å²) in [7, 11) is 0. The molecule has 1 amide bonds. The third-order valence-electron chi connectivity index (χ3n) is 5.50. The maximum atomic E-state index is 13.4. The highest BCUT2D eigenvalue weighted by Crippen LogP contribution is 2.36. The van der Waals surface area contributed by atoms with Crippen molar-refractivity contribution in [3.63, 3.8) is 0 Å². The lowest BCUT2D eigenvalue weighted by atomic mass is 9.73. The van der Waals surface area contributed by atoms with E-state index in [0.29, 0.717) is 49.7 Å². The van der Waals surface area contributed by atoms with Gasteiger partial charge >= 0.3 is 0 Å². The van der Waals surface area contributed by atoms with E-state index < -0.39 is 5.41 Å². The first-order valence-corrected chi connectivity index (χ1v) is 10.2. The van der Waals surface area contributed by atoms with E-state index in [1.54, 1.807) is 18.2 Å². The van der Waals surface area contributed by atoms with Gasteiger partial charge in [-0.15, -0.1) is 0 Å². The molecule has 152 valence electrons. The van der Waals surface area contributed by atoms with Crippen LogP contribution in [0.15, 0.2) is 42.5 Å². The predicted octanol–water partition coefficient (Wildman–Crippen LogP) is 4.73. The molecular formula is C24H28N2O3. The molecule has 1 aliphatic heterocycles. The second kappa shape index (κ2) is 9.58. The van der Waals surface area contributed by atoms with Crippen molar-refractivity contribution in [2.24, 2.45) is 0 Å². The minimum Gasteiger partial charge on any atom is -0.492 e. The molecule has 29 heavy (non-hydrogen) atoms. The zero-order chi connectivity index (χ0) is 20.7. The van der Waals surface area contributed by atoms with Crippen molar-refractivity contribution in [1.29, 1.82) is 5.26 Å². The highest BCUT2D eigenvalue weighted by atomic mass is 16.5. The van der Waals surface area contributed by atoms with E-state index in [-0.39, 0.29) is 5.91 Å². The number of carbonyl (C=O) groups excluding carboxylic acids is 1. The molecule has 5 heteroatoms. The molecule has 5 nitrogen and oxygen atoms in total. The molecule has 0 bridgehead atoms. The minimum absolute atomic E-state index is 0.0619. The molecule has 2 aromatic rings. The molecule has 1 N–H and O–H groups in total. The van der Waals surface area contributed by atoms with Gasteiger partial charge in [0.2, 0.25) is 5.91 Å². The number of nitrogens with one attached hydrogen (secondary N) is 1. The maximum absolute atomic E-state index is 13.4. The number of unbranched alkanes of at least 4 members (excludes halogenated alkanes) is 1. The van der Waals surface area contributed by atoms with Gasteiger partial charge in [-0.3, -0.25) is 4.79 Å². The second-order valence-corrected chi connectivity index (χ2v) is 7.54. The highest BCUT2D eigenvalue weighted by molar-refractivity contribution is 5.99. The fraction of sp³-hybridized carbons (Fsp3) is 0.417. The fourth-order valence-corrected chi connectivity index (χ4v) is 3.64. The SMILES string of the molecule is CCCCOc1ccc(NC(=O)C2(c3ccc(C)cc3)CCOCC2)cc1C#N. The average Bonchev–Trinajstić information content (AvgIpc) is 2.75. The maximum Gasteiger partial charge on any atom is 0.235 e. The van der Waals surface area contributed by atoms with Gasteiger partial charge in [0.05, 0.1) is 17.6 Å². The Kier molecular flexibility index (Phi) is 6.90. The third-order valence-corrected chi connectivity index (χ3v) is 5.50. The lowest BCUT2D eigenvalue weighted by Gasteiger charge is -2.36. The Morgan fingerprint density at radius 2 is 1.93 bits per heavy atom. The van der Waals surface area contributed by atoms with Gasteiger partial charge in [0.1, 0.15) is 11.8 Å². The van der Waals surface area contributed by atoms with E-state index in [2.05, 4.69) is 18.3 Å². The number of nitrogens with zero attached hydrogens (tertiary/aromatic N) is 1. The molecule has 1 aliphatic rings. The summed E-state index contributed by atoms with van der Waals surface area (Å²) in [6.07, 6.45) is 3.22. The van der Waals surface area contributed by atoms with Gasteiger partial charge in [-0.25, -0.2) is 0 Å². The smallest absolute Gasteiger partial charge is 0.235 e. The lowest BCUT2D eigenvalue weighted by Crippen LogP contribution is -2.44. The third kappa shape index (κ3) is 4.78. The monoisotopic (exact) mass is 392 g/mol. The Hall–Kier alpha value is -2.84. The molecule has 0 aromatic heterocycles. The van der Waals surface area contributed by atoms with Crippen LogP contribution in [0.2, 0.25) is 0 Å². The molecule has 0 atom stereocenters. The first-order valence-electron chi connectivity index (χ1n) is 10.2. The molecule has 1 heterocycles. The Labute approximate surface area is 172 Å². The predicted molar refractivity (Wildman–Crippen MR) is 113 cm³/mol. The number of rotatable bonds is 7. The van der Waals surface area contributed by atoms with Crippen molar-refractivity contribution >= 4 is 11.6 Å². The number of hydrogen-bond acceptors (Lipinski definition) is 4. The Morgan fingerprint density at radius 1 is 1.21 bits per heavy atom. The molecular weight excluding hydrogens is 364 g/mol. The van der Waals surface area contributed by atoms with E-state index >= 15 is 0 Å². The highest BCUT2D eigenvalue weighted by Gasteiger charge is 2.41. The number of ether oxygens (including phenoxy) is 2. The molecule has 2 aromatic carbocycles. The van der Waals surface area contributed by atoms with Crippen LogP contribution in [-0.4, -0.2) is 25.7 Å². The van der Waals surface area contributed by atoms with Crippen LogP contribution in [0.5, 0.6) is 5.75 Å². The van der Waals surface area contributed by atoms with Crippen LogP contribution < -0.4 is 10.1 Å². The number of hydrogen-bond donors (Lipinski definition) is 1. The van der Waals surface area contributed by atoms with Gasteiger partial charge in [-0.05, 0) is 49.9 Å². The van der Waals surface area contributed by atoms with Crippen molar-refractivity contribution in [1.82, 2.24) is 0 Å². The fourth-order valence-electron chi connectivity index (χ4n) is 3.64. The van der Waals surface area contributed by atoms with Crippen LogP contribution >= 0.6 is 0 Å². The second-order valence-electron chi connectivity index (χ2n) is 7.54. The summed E-state index contributed by atoms with van der Waals surface area (Å²) in [6, 6.07) is 15.5. The largest absolute Gasteiger partial charge is 0.492 e. The molecule has 1 fully saturated rings. The Morgan fingerprint density at radius 3 is 2.59 bits per heavy atom. The Bertz CT molecular complexity index is 878. The van der Waals surface area contributed by atoms with Crippen LogP contribution in [0.1, 0.15) is 49.3 Å². The summed E-state index contributed by atoms with van der Waals surface area (Å²) in [5.74, 6) is 0.492. The number of carbonyl (C=O) groups is 1. The average molecular weight is 392 g/mol. The quantitative estimate of drug-likeness (QED) is 0.691. The van der Waals surface area contributed by atoms with Crippen LogP contribution in [0.3, 0.4) is 0 Å². The minimum atomic E-state index is -0.630. The van der Waals surface area contributed by atoms with Crippen molar-refractivity contribution < 1.29 is 14.3 Å². The van der Waals surface area contributed by atoms with Crippen molar-refractivity contribution in [2.75, 3.05) is 25.1 Å². The molecule has 1 saturated heterocycles. The van der Waals surface area contributed by atoms with Gasteiger partial charge in [0.15, 0.2) is 0 Å². The van der Waals surface area contributed by atoms with E-state index in [1.807, 2.05) is 31.2 Å². The van der Waals surface area contributed by atoms with E-state index in [9.17, 15) is 10.1 Å². The normalized spacial score (nSPS) is 15.3. The van der Waals surface area contributed by atoms with Crippen LogP contribution in [-0.2, 0) is 14.9 Å². The standard InChI is InChI=1S/C24H28N2O3/c1-3-4-13-29-22-10-9-21(16-19(22)17-25)26-23(27)24(11-14-28-15-12-24)20-7-5-18(2)6-8-20/h5-10,16H,3-4,11-15H2,1-2H3,(H,26,27). The van der Waals surface area contributed by atoms with Crippen LogP contribution in [0.25, 0.3) is 0 Å². The molecule has 0 radical (unpaired) electrons. The first-order chi connectivity index (χ1) is 14.1. The summed E-state index contributed by atoms with van der Waals surface area (Å²) < 4.78 is 11.2. The summed E-state index contributed by atoms with van der Waals surface area (Å²) in [5, 5.41) is 12.5. The van der Waals surface area contributed by atoms with Crippen LogP contribution in [0.4, 0.5) is 5.69 Å². The van der Waals surface area contributed by atoms with Crippen molar-refractivity contribution in [3.8, 4) is 11.8 Å². The van der Waals surface area contributed by atoms with Crippen molar-refractivity contribution in [2.45, 2.75) is 44.9 Å². The summed E-state index contributed by atoms with van der Waals surface area (Å²) >= 11 is 0. The van der Waals surface area contributed by atoms with Gasteiger partial charge in [-0.1, -0.05) is 43.2 Å². The Balaban J connectivity index is 1.83. The van der Waals surface area contributed by atoms with Gasteiger partial charge in [-0.2, -0.15) is 5.26 Å². The number of aryl methyl sites for hydroxylation is 1. The first kappa shape index (κ1) is 20.9. The summed E-state index contributed by atoms with van der Waals surface area (Å²) in [4.78, 5) is 13.4. The van der Waals surface area contributed by atoms with Gasteiger partial charge in [0, 0.05) is 18.9 Å². The van der Waals surface area contributed by atoms with Gasteiger partial charge in [0.25, 0.3) is 0 Å². The van der Waals surface area contributed by atoms with E-state index in [1.165, 1.54) is 0 Å². The number of amides is 1. The summed E-state index contributed by atoms with van der Waals surface area (Å²) in [6.45, 7) is 5.80. The summed E-state index contributed by atoms with van der Waals surface area (Å²) in [5.41, 5.74) is 2.56. The molecule has 0 spiro atoms. The van der Waals surface area contributed by atoms with Crippen molar-refractivity contribution in [3.05, 3.63) is 59.2 Å². The topological polar surface area (TPSA) is 71.3 Å². The molecule has 0 aliphatic carbocycles. The number of benzene rings is 2. The van der Waals surface area contributed by atoms with Crippen LogP contribution in [0, 0.1) is 18.3 Å².